The standard InChI is InChI=1S/C16H16N2O/c1-2-19-16-9-5-14(6-10-16)12-18-15-7-3-13(11-17)4-8-15/h3-10,18H,2,12H2,1H3. The third kappa shape index (κ3) is 3.75. The Labute approximate surface area is 113 Å². The quantitative estimate of drug-likeness (QED) is 0.884. The molecule has 0 saturated carbocycles. The van der Waals surface area contributed by atoms with E-state index in [-0.39, 0.29) is 0 Å². The van der Waals surface area contributed by atoms with Crippen molar-refractivity contribution < 1.29 is 4.74 Å². The summed E-state index contributed by atoms with van der Waals surface area (Å²) in [7, 11) is 0. The number of nitriles is 1. The number of hydrogen-bond donors (Lipinski definition) is 1. The maximum absolute atomic E-state index is 8.72. The molecule has 0 radical (unpaired) electrons. The molecule has 2 aromatic carbocycles. The number of hydrogen-bond acceptors (Lipinski definition) is 3. The molecule has 0 bridgehead atoms. The molecule has 0 amide bonds. The van der Waals surface area contributed by atoms with Crippen LogP contribution in [0, 0.1) is 11.3 Å². The van der Waals surface area contributed by atoms with E-state index in [1.807, 2.05) is 43.3 Å². The summed E-state index contributed by atoms with van der Waals surface area (Å²) in [5.74, 6) is 0.893. The summed E-state index contributed by atoms with van der Waals surface area (Å²) in [4.78, 5) is 0. The lowest BCUT2D eigenvalue weighted by atomic mass is 10.2. The molecule has 0 fully saturated rings. The molecule has 0 aliphatic rings. The molecule has 96 valence electrons. The van der Waals surface area contributed by atoms with Crippen LogP contribution < -0.4 is 10.1 Å². The molecule has 0 spiro atoms. The average molecular weight is 252 g/mol. The van der Waals surface area contributed by atoms with Gasteiger partial charge in [0.05, 0.1) is 18.2 Å². The van der Waals surface area contributed by atoms with E-state index in [1.54, 1.807) is 12.1 Å². The van der Waals surface area contributed by atoms with E-state index in [0.717, 1.165) is 18.0 Å². The highest BCUT2D eigenvalue weighted by atomic mass is 16.5. The second-order valence-electron chi connectivity index (χ2n) is 4.12. The van der Waals surface area contributed by atoms with Gasteiger partial charge in [-0.05, 0) is 48.9 Å². The van der Waals surface area contributed by atoms with Gasteiger partial charge in [0.15, 0.2) is 0 Å². The topological polar surface area (TPSA) is 45.0 Å². The number of ether oxygens (including phenoxy) is 1. The molecule has 0 aliphatic heterocycles. The van der Waals surface area contributed by atoms with Gasteiger partial charge in [-0.15, -0.1) is 0 Å². The Bertz CT molecular complexity index is 553. The van der Waals surface area contributed by atoms with Crippen molar-refractivity contribution in [2.75, 3.05) is 11.9 Å². The first-order valence-electron chi connectivity index (χ1n) is 6.27. The maximum atomic E-state index is 8.72. The van der Waals surface area contributed by atoms with Crippen LogP contribution in [0.2, 0.25) is 0 Å². The fraction of sp³-hybridized carbons (Fsp3) is 0.188. The second-order valence-corrected chi connectivity index (χ2v) is 4.12. The lowest BCUT2D eigenvalue weighted by Crippen LogP contribution is -1.99. The Hall–Kier alpha value is -2.47. The summed E-state index contributed by atoms with van der Waals surface area (Å²) < 4.78 is 5.40. The van der Waals surface area contributed by atoms with Crippen LogP contribution in [0.3, 0.4) is 0 Å². The third-order valence-corrected chi connectivity index (χ3v) is 2.74. The smallest absolute Gasteiger partial charge is 0.119 e. The predicted molar refractivity (Wildman–Crippen MR) is 76.1 cm³/mol. The zero-order chi connectivity index (χ0) is 13.5. The molecule has 2 rings (SSSR count). The van der Waals surface area contributed by atoms with Gasteiger partial charge >= 0.3 is 0 Å². The van der Waals surface area contributed by atoms with Crippen LogP contribution in [0.1, 0.15) is 18.1 Å². The van der Waals surface area contributed by atoms with Gasteiger partial charge in [0.2, 0.25) is 0 Å². The summed E-state index contributed by atoms with van der Waals surface area (Å²) in [6.45, 7) is 3.40. The fourth-order valence-corrected chi connectivity index (χ4v) is 1.74. The van der Waals surface area contributed by atoms with Gasteiger partial charge < -0.3 is 10.1 Å². The number of anilines is 1. The molecule has 2 aromatic rings. The monoisotopic (exact) mass is 252 g/mol. The van der Waals surface area contributed by atoms with E-state index in [2.05, 4.69) is 11.4 Å². The zero-order valence-corrected chi connectivity index (χ0v) is 10.9. The van der Waals surface area contributed by atoms with Gasteiger partial charge in [-0.3, -0.25) is 0 Å². The van der Waals surface area contributed by atoms with E-state index >= 15 is 0 Å². The minimum Gasteiger partial charge on any atom is -0.494 e. The summed E-state index contributed by atoms with van der Waals surface area (Å²) in [5, 5.41) is 12.0. The summed E-state index contributed by atoms with van der Waals surface area (Å²) >= 11 is 0. The van der Waals surface area contributed by atoms with Gasteiger partial charge in [-0.1, -0.05) is 12.1 Å². The lowest BCUT2D eigenvalue weighted by molar-refractivity contribution is 0.340. The van der Waals surface area contributed by atoms with Gasteiger partial charge in [-0.25, -0.2) is 0 Å². The second kappa shape index (κ2) is 6.46. The Morgan fingerprint density at radius 2 is 1.74 bits per heavy atom. The van der Waals surface area contributed by atoms with E-state index in [1.165, 1.54) is 5.56 Å². The number of nitrogens with one attached hydrogen (secondary N) is 1. The van der Waals surface area contributed by atoms with Gasteiger partial charge in [0.25, 0.3) is 0 Å². The molecule has 0 aromatic heterocycles. The highest BCUT2D eigenvalue weighted by Crippen LogP contribution is 2.14. The molecule has 0 saturated heterocycles. The van der Waals surface area contributed by atoms with Crippen molar-refractivity contribution in [1.82, 2.24) is 0 Å². The van der Waals surface area contributed by atoms with Crippen molar-refractivity contribution in [3.63, 3.8) is 0 Å². The molecule has 0 aliphatic carbocycles. The normalized spacial score (nSPS) is 9.68. The van der Waals surface area contributed by atoms with Crippen LogP contribution in [0.25, 0.3) is 0 Å². The van der Waals surface area contributed by atoms with Crippen LogP contribution in [0.4, 0.5) is 5.69 Å². The zero-order valence-electron chi connectivity index (χ0n) is 10.9. The van der Waals surface area contributed by atoms with Crippen LogP contribution in [0.5, 0.6) is 5.75 Å². The number of nitrogens with zero attached hydrogens (tertiary/aromatic N) is 1. The first-order valence-corrected chi connectivity index (χ1v) is 6.27. The van der Waals surface area contributed by atoms with Crippen LogP contribution in [-0.2, 0) is 6.54 Å². The Morgan fingerprint density at radius 1 is 1.05 bits per heavy atom. The van der Waals surface area contributed by atoms with Crippen molar-refractivity contribution in [2.24, 2.45) is 0 Å². The fourth-order valence-electron chi connectivity index (χ4n) is 1.74. The van der Waals surface area contributed by atoms with Crippen LogP contribution >= 0.6 is 0 Å². The van der Waals surface area contributed by atoms with Crippen molar-refractivity contribution in [2.45, 2.75) is 13.5 Å². The van der Waals surface area contributed by atoms with E-state index in [9.17, 15) is 0 Å². The highest BCUT2D eigenvalue weighted by molar-refractivity contribution is 5.47. The van der Waals surface area contributed by atoms with Crippen LogP contribution in [-0.4, -0.2) is 6.61 Å². The molecule has 0 atom stereocenters. The van der Waals surface area contributed by atoms with Crippen molar-refractivity contribution in [3.8, 4) is 11.8 Å². The molecule has 0 unspecified atom stereocenters. The largest absolute Gasteiger partial charge is 0.494 e. The first-order chi connectivity index (χ1) is 9.31. The van der Waals surface area contributed by atoms with Gasteiger partial charge in [0.1, 0.15) is 5.75 Å². The summed E-state index contributed by atoms with van der Waals surface area (Å²) in [6, 6.07) is 17.6. The summed E-state index contributed by atoms with van der Waals surface area (Å²) in [6.07, 6.45) is 0. The Balaban J connectivity index is 1.92. The molecule has 0 heterocycles. The van der Waals surface area contributed by atoms with E-state index in [0.29, 0.717) is 12.2 Å². The van der Waals surface area contributed by atoms with Crippen LogP contribution in [0.15, 0.2) is 48.5 Å². The highest BCUT2D eigenvalue weighted by Gasteiger charge is 1.96. The molecule has 19 heavy (non-hydrogen) atoms. The minimum atomic E-state index is 0.673. The molecular formula is C16H16N2O. The third-order valence-electron chi connectivity index (χ3n) is 2.74. The van der Waals surface area contributed by atoms with E-state index in [4.69, 9.17) is 10.00 Å². The Morgan fingerprint density at radius 3 is 2.32 bits per heavy atom. The number of benzene rings is 2. The van der Waals surface area contributed by atoms with Crippen molar-refractivity contribution in [1.29, 1.82) is 5.26 Å². The first kappa shape index (κ1) is 13.0. The average Bonchev–Trinajstić information content (AvgIpc) is 2.47. The lowest BCUT2D eigenvalue weighted by Gasteiger charge is -2.08. The Kier molecular flexibility index (Phi) is 4.41. The molecular weight excluding hydrogens is 236 g/mol. The van der Waals surface area contributed by atoms with Crippen molar-refractivity contribution >= 4 is 5.69 Å². The molecule has 1 N–H and O–H groups in total. The SMILES string of the molecule is CCOc1ccc(CNc2ccc(C#N)cc2)cc1. The predicted octanol–water partition coefficient (Wildman–Crippen LogP) is 3.57. The van der Waals surface area contributed by atoms with Gasteiger partial charge in [0, 0.05) is 12.2 Å². The molecule has 3 nitrogen and oxygen atoms in total. The minimum absolute atomic E-state index is 0.673. The maximum Gasteiger partial charge on any atom is 0.119 e. The summed E-state index contributed by atoms with van der Waals surface area (Å²) in [5.41, 5.74) is 2.87. The number of rotatable bonds is 5. The van der Waals surface area contributed by atoms with Gasteiger partial charge in [-0.2, -0.15) is 5.26 Å². The van der Waals surface area contributed by atoms with E-state index < -0.39 is 0 Å². The van der Waals surface area contributed by atoms with Crippen molar-refractivity contribution in [3.05, 3.63) is 59.7 Å². The molecule has 3 heteroatoms.